The fourth-order valence-corrected chi connectivity index (χ4v) is 2.90. The van der Waals surface area contributed by atoms with Crippen molar-refractivity contribution in [2.75, 3.05) is 7.05 Å². The Labute approximate surface area is 128 Å². The Bertz CT molecular complexity index is 578. The van der Waals surface area contributed by atoms with E-state index in [1.165, 1.54) is 11.6 Å². The monoisotopic (exact) mass is 338 g/mol. The average molecular weight is 339 g/mol. The van der Waals surface area contributed by atoms with E-state index < -0.39 is 0 Å². The molecule has 1 unspecified atom stereocenters. The normalized spacial score (nSPS) is 12.9. The fourth-order valence-electron chi connectivity index (χ4n) is 2.48. The van der Waals surface area contributed by atoms with E-state index in [4.69, 9.17) is 0 Å². The van der Waals surface area contributed by atoms with Crippen LogP contribution in [-0.2, 0) is 6.54 Å². The highest BCUT2D eigenvalue weighted by Crippen LogP contribution is 2.22. The molecule has 0 bridgehead atoms. The van der Waals surface area contributed by atoms with Gasteiger partial charge in [0.1, 0.15) is 5.82 Å². The molecule has 2 aromatic rings. The minimum atomic E-state index is -0.225. The van der Waals surface area contributed by atoms with Crippen LogP contribution in [-0.4, -0.2) is 11.6 Å². The first kappa shape index (κ1) is 15.3. The molecule has 0 spiro atoms. The summed E-state index contributed by atoms with van der Waals surface area (Å²) >= 11 is 3.22. The van der Waals surface area contributed by atoms with Crippen LogP contribution < -0.4 is 5.32 Å². The molecule has 2 nitrogen and oxygen atoms in total. The van der Waals surface area contributed by atoms with Crippen molar-refractivity contribution in [1.29, 1.82) is 0 Å². The van der Waals surface area contributed by atoms with E-state index >= 15 is 0 Å². The van der Waals surface area contributed by atoms with Gasteiger partial charge in [0.05, 0.1) is 4.47 Å². The van der Waals surface area contributed by atoms with Crippen LogP contribution in [0.5, 0.6) is 0 Å². The molecule has 0 aliphatic rings. The maximum Gasteiger partial charge on any atom is 0.137 e. The van der Waals surface area contributed by atoms with E-state index in [0.29, 0.717) is 16.4 Å². The van der Waals surface area contributed by atoms with E-state index in [2.05, 4.69) is 58.1 Å². The Morgan fingerprint density at radius 3 is 2.65 bits per heavy atom. The molecule has 0 saturated carbocycles. The molecule has 0 saturated heterocycles. The molecule has 20 heavy (non-hydrogen) atoms. The molecule has 1 N–H and O–H groups in total. The van der Waals surface area contributed by atoms with Crippen molar-refractivity contribution in [3.63, 3.8) is 0 Å². The van der Waals surface area contributed by atoms with Gasteiger partial charge in [-0.05, 0) is 58.2 Å². The Balaban J connectivity index is 2.14. The van der Waals surface area contributed by atoms with Crippen molar-refractivity contribution in [3.05, 3.63) is 58.1 Å². The summed E-state index contributed by atoms with van der Waals surface area (Å²) in [7, 11) is 1.99. The van der Waals surface area contributed by atoms with Crippen molar-refractivity contribution in [2.45, 2.75) is 26.4 Å². The highest BCUT2D eigenvalue weighted by atomic mass is 79.9. The first-order valence-electron chi connectivity index (χ1n) is 6.78. The molecule has 0 radical (unpaired) electrons. The molecular weight excluding hydrogens is 319 g/mol. The van der Waals surface area contributed by atoms with E-state index in [0.717, 1.165) is 12.1 Å². The molecular formula is C16H20BrFN2. The van der Waals surface area contributed by atoms with Crippen LogP contribution in [0.4, 0.5) is 4.39 Å². The number of aromatic nitrogens is 1. The highest BCUT2D eigenvalue weighted by molar-refractivity contribution is 9.10. The number of hydrogen-bond acceptors (Lipinski definition) is 1. The molecule has 0 fully saturated rings. The van der Waals surface area contributed by atoms with Gasteiger partial charge in [0.15, 0.2) is 0 Å². The Hall–Kier alpha value is -1.13. The SMILES string of the molecule is CNC(c1ccn(Cc2ccc(F)c(Br)c2)c1)C(C)C. The second-order valence-electron chi connectivity index (χ2n) is 5.38. The number of hydrogen-bond donors (Lipinski definition) is 1. The number of nitrogens with one attached hydrogen (secondary N) is 1. The third-order valence-corrected chi connectivity index (χ3v) is 4.07. The predicted molar refractivity (Wildman–Crippen MR) is 84.3 cm³/mol. The van der Waals surface area contributed by atoms with Gasteiger partial charge in [0.2, 0.25) is 0 Å². The standard InChI is InChI=1S/C16H20BrFN2/c1-11(2)16(19-3)13-6-7-20(10-13)9-12-4-5-15(18)14(17)8-12/h4-8,10-11,16,19H,9H2,1-3H3. The summed E-state index contributed by atoms with van der Waals surface area (Å²) in [5, 5.41) is 3.34. The number of halogens is 2. The van der Waals surface area contributed by atoms with Crippen molar-refractivity contribution in [3.8, 4) is 0 Å². The molecule has 1 heterocycles. The van der Waals surface area contributed by atoms with Gasteiger partial charge < -0.3 is 9.88 Å². The van der Waals surface area contributed by atoms with Crippen LogP contribution >= 0.6 is 15.9 Å². The van der Waals surface area contributed by atoms with Crippen LogP contribution in [0.2, 0.25) is 0 Å². The van der Waals surface area contributed by atoms with Crippen LogP contribution in [0.25, 0.3) is 0 Å². The maximum atomic E-state index is 13.2. The van der Waals surface area contributed by atoms with Gasteiger partial charge in [-0.1, -0.05) is 19.9 Å². The lowest BCUT2D eigenvalue weighted by Crippen LogP contribution is -2.21. The molecule has 1 aromatic carbocycles. The van der Waals surface area contributed by atoms with Crippen LogP contribution in [0.3, 0.4) is 0 Å². The molecule has 1 aromatic heterocycles. The van der Waals surface area contributed by atoms with Crippen LogP contribution in [0.1, 0.15) is 31.0 Å². The lowest BCUT2D eigenvalue weighted by atomic mass is 9.99. The van der Waals surface area contributed by atoms with Crippen molar-refractivity contribution >= 4 is 15.9 Å². The third kappa shape index (κ3) is 3.49. The van der Waals surface area contributed by atoms with Crippen LogP contribution in [0, 0.1) is 11.7 Å². The Morgan fingerprint density at radius 2 is 2.05 bits per heavy atom. The van der Waals surface area contributed by atoms with E-state index in [1.54, 1.807) is 0 Å². The summed E-state index contributed by atoms with van der Waals surface area (Å²) in [6.45, 7) is 5.15. The fraction of sp³-hybridized carbons (Fsp3) is 0.375. The third-order valence-electron chi connectivity index (χ3n) is 3.46. The van der Waals surface area contributed by atoms with Gasteiger partial charge >= 0.3 is 0 Å². The molecule has 2 rings (SSSR count). The Kier molecular flexibility index (Phi) is 5.00. The van der Waals surface area contributed by atoms with E-state index in [9.17, 15) is 4.39 Å². The number of rotatable bonds is 5. The van der Waals surface area contributed by atoms with E-state index in [1.807, 2.05) is 19.2 Å². The number of benzene rings is 1. The second-order valence-corrected chi connectivity index (χ2v) is 6.23. The summed E-state index contributed by atoms with van der Waals surface area (Å²) in [5.41, 5.74) is 2.36. The van der Waals surface area contributed by atoms with Gasteiger partial charge in [0.25, 0.3) is 0 Å². The van der Waals surface area contributed by atoms with Gasteiger partial charge in [-0.2, -0.15) is 0 Å². The summed E-state index contributed by atoms with van der Waals surface area (Å²) in [6, 6.07) is 7.63. The summed E-state index contributed by atoms with van der Waals surface area (Å²) in [6.07, 6.45) is 4.22. The quantitative estimate of drug-likeness (QED) is 0.857. The summed E-state index contributed by atoms with van der Waals surface area (Å²) in [5.74, 6) is 0.313. The minimum absolute atomic E-state index is 0.225. The summed E-state index contributed by atoms with van der Waals surface area (Å²) < 4.78 is 15.9. The van der Waals surface area contributed by atoms with Gasteiger partial charge in [-0.25, -0.2) is 4.39 Å². The lowest BCUT2D eigenvalue weighted by Gasteiger charge is -2.18. The highest BCUT2D eigenvalue weighted by Gasteiger charge is 2.14. The molecule has 0 aliphatic carbocycles. The van der Waals surface area contributed by atoms with Gasteiger partial charge in [-0.15, -0.1) is 0 Å². The molecule has 1 atom stereocenters. The van der Waals surface area contributed by atoms with Crippen molar-refractivity contribution in [1.82, 2.24) is 9.88 Å². The smallest absolute Gasteiger partial charge is 0.137 e. The average Bonchev–Trinajstić information content (AvgIpc) is 2.82. The van der Waals surface area contributed by atoms with Gasteiger partial charge in [-0.3, -0.25) is 0 Å². The maximum absolute atomic E-state index is 13.2. The minimum Gasteiger partial charge on any atom is -0.350 e. The topological polar surface area (TPSA) is 17.0 Å². The molecule has 0 aliphatic heterocycles. The largest absolute Gasteiger partial charge is 0.350 e. The molecule has 0 amide bonds. The second kappa shape index (κ2) is 6.55. The van der Waals surface area contributed by atoms with Gasteiger partial charge in [0, 0.05) is 25.0 Å². The predicted octanol–water partition coefficient (Wildman–Crippen LogP) is 4.35. The molecule has 4 heteroatoms. The van der Waals surface area contributed by atoms with Crippen molar-refractivity contribution < 1.29 is 4.39 Å². The zero-order valence-electron chi connectivity index (χ0n) is 12.0. The van der Waals surface area contributed by atoms with Crippen LogP contribution in [0.15, 0.2) is 41.1 Å². The first-order valence-corrected chi connectivity index (χ1v) is 7.57. The summed E-state index contributed by atoms with van der Waals surface area (Å²) in [4.78, 5) is 0. The molecule has 108 valence electrons. The van der Waals surface area contributed by atoms with E-state index in [-0.39, 0.29) is 5.82 Å². The zero-order valence-corrected chi connectivity index (χ0v) is 13.6. The zero-order chi connectivity index (χ0) is 14.7. The first-order chi connectivity index (χ1) is 9.51. The number of nitrogens with zero attached hydrogens (tertiary/aromatic N) is 1. The Morgan fingerprint density at radius 1 is 1.30 bits per heavy atom. The van der Waals surface area contributed by atoms with Crippen molar-refractivity contribution in [2.24, 2.45) is 5.92 Å². The lowest BCUT2D eigenvalue weighted by molar-refractivity contribution is 0.443.